The first-order chi connectivity index (χ1) is 8.58. The highest BCUT2D eigenvalue weighted by molar-refractivity contribution is 7.84. The van der Waals surface area contributed by atoms with E-state index in [4.69, 9.17) is 4.74 Å². The van der Waals surface area contributed by atoms with Crippen LogP contribution in [-0.2, 0) is 22.1 Å². The van der Waals surface area contributed by atoms with Crippen molar-refractivity contribution < 1.29 is 18.8 Å². The fraction of sp³-hybridized carbons (Fsp3) is 0.417. The van der Waals surface area contributed by atoms with Crippen LogP contribution in [0.15, 0.2) is 30.3 Å². The second-order valence-corrected chi connectivity index (χ2v) is 5.32. The second kappa shape index (κ2) is 7.84. The number of benzene rings is 1. The zero-order valence-electron chi connectivity index (χ0n) is 10.2. The van der Waals surface area contributed by atoms with Gasteiger partial charge in [-0.15, -0.1) is 0 Å². The van der Waals surface area contributed by atoms with Crippen molar-refractivity contribution in [2.75, 3.05) is 18.6 Å². The van der Waals surface area contributed by atoms with Gasteiger partial charge in [-0.1, -0.05) is 30.3 Å². The zero-order valence-corrected chi connectivity index (χ0v) is 11.0. The van der Waals surface area contributed by atoms with Crippen LogP contribution in [0.2, 0.25) is 0 Å². The van der Waals surface area contributed by atoms with Crippen LogP contribution in [0.4, 0.5) is 4.79 Å². The Balaban J connectivity index is 2.20. The van der Waals surface area contributed by atoms with Crippen molar-refractivity contribution in [3.63, 3.8) is 0 Å². The van der Waals surface area contributed by atoms with Crippen LogP contribution in [0.3, 0.4) is 0 Å². The SMILES string of the molecule is CS(=O)CC(O)CNC(=O)OCc1ccccc1. The quantitative estimate of drug-likeness (QED) is 0.796. The summed E-state index contributed by atoms with van der Waals surface area (Å²) in [6.45, 7) is 0.218. The number of ether oxygens (including phenoxy) is 1. The highest BCUT2D eigenvalue weighted by Gasteiger charge is 2.09. The Hall–Kier alpha value is -1.40. The van der Waals surface area contributed by atoms with E-state index in [2.05, 4.69) is 5.32 Å². The van der Waals surface area contributed by atoms with E-state index in [1.807, 2.05) is 30.3 Å². The van der Waals surface area contributed by atoms with E-state index in [0.29, 0.717) is 0 Å². The lowest BCUT2D eigenvalue weighted by atomic mass is 10.2. The largest absolute Gasteiger partial charge is 0.445 e. The molecule has 2 N–H and O–H groups in total. The molecule has 5 nitrogen and oxygen atoms in total. The number of carbonyl (C=O) groups excluding carboxylic acids is 1. The number of amides is 1. The van der Waals surface area contributed by atoms with Crippen LogP contribution >= 0.6 is 0 Å². The molecule has 18 heavy (non-hydrogen) atoms. The summed E-state index contributed by atoms with van der Waals surface area (Å²) in [5, 5.41) is 11.8. The first-order valence-electron chi connectivity index (χ1n) is 5.50. The third-order valence-electron chi connectivity index (χ3n) is 2.12. The number of alkyl carbamates (subject to hydrolysis) is 1. The number of rotatable bonds is 6. The predicted molar refractivity (Wildman–Crippen MR) is 69.6 cm³/mol. The molecule has 0 spiro atoms. The molecule has 2 atom stereocenters. The van der Waals surface area contributed by atoms with Crippen molar-refractivity contribution in [3.05, 3.63) is 35.9 Å². The highest BCUT2D eigenvalue weighted by Crippen LogP contribution is 2.00. The Morgan fingerprint density at radius 2 is 2.11 bits per heavy atom. The lowest BCUT2D eigenvalue weighted by Crippen LogP contribution is -2.35. The van der Waals surface area contributed by atoms with Gasteiger partial charge in [0.25, 0.3) is 0 Å². The average molecular weight is 271 g/mol. The molecule has 1 amide bonds. The van der Waals surface area contributed by atoms with Gasteiger partial charge in [0, 0.05) is 23.6 Å². The summed E-state index contributed by atoms with van der Waals surface area (Å²) in [4.78, 5) is 11.3. The summed E-state index contributed by atoms with van der Waals surface area (Å²) in [6.07, 6.45) is 0.0802. The highest BCUT2D eigenvalue weighted by atomic mass is 32.2. The van der Waals surface area contributed by atoms with Gasteiger partial charge < -0.3 is 15.2 Å². The molecular formula is C12H17NO4S. The second-order valence-electron chi connectivity index (χ2n) is 3.84. The molecule has 0 fully saturated rings. The lowest BCUT2D eigenvalue weighted by Gasteiger charge is -2.10. The summed E-state index contributed by atoms with van der Waals surface area (Å²) in [6, 6.07) is 9.29. The Morgan fingerprint density at radius 1 is 1.44 bits per heavy atom. The van der Waals surface area contributed by atoms with E-state index in [9.17, 15) is 14.1 Å². The number of hydrogen-bond donors (Lipinski definition) is 2. The van der Waals surface area contributed by atoms with Crippen LogP contribution < -0.4 is 5.32 Å². The normalized spacial score (nSPS) is 13.7. The topological polar surface area (TPSA) is 75.6 Å². The van der Waals surface area contributed by atoms with E-state index in [0.717, 1.165) is 5.56 Å². The van der Waals surface area contributed by atoms with Crippen molar-refractivity contribution in [1.82, 2.24) is 5.32 Å². The van der Waals surface area contributed by atoms with Gasteiger partial charge in [0.15, 0.2) is 0 Å². The minimum Gasteiger partial charge on any atom is -0.445 e. The first kappa shape index (κ1) is 14.7. The summed E-state index contributed by atoms with van der Waals surface area (Å²) in [5.74, 6) is 0.138. The maximum Gasteiger partial charge on any atom is 0.407 e. The van der Waals surface area contributed by atoms with Gasteiger partial charge >= 0.3 is 6.09 Å². The van der Waals surface area contributed by atoms with Crippen LogP contribution in [0.5, 0.6) is 0 Å². The minimum absolute atomic E-state index is 0.0349. The first-order valence-corrected chi connectivity index (χ1v) is 7.23. The monoisotopic (exact) mass is 271 g/mol. The van der Waals surface area contributed by atoms with Crippen molar-refractivity contribution >= 4 is 16.9 Å². The molecule has 0 heterocycles. The van der Waals surface area contributed by atoms with Crippen molar-refractivity contribution in [2.45, 2.75) is 12.7 Å². The standard InChI is InChI=1S/C12H17NO4S/c1-18(16)9-11(14)7-13-12(15)17-8-10-5-3-2-4-6-10/h2-6,11,14H,7-9H2,1H3,(H,13,15). The molecule has 0 aromatic heterocycles. The molecule has 1 rings (SSSR count). The molecule has 0 aliphatic carbocycles. The summed E-state index contributed by atoms with van der Waals surface area (Å²) in [5.41, 5.74) is 0.892. The fourth-order valence-corrected chi connectivity index (χ4v) is 1.96. The van der Waals surface area contributed by atoms with Gasteiger partial charge in [0.1, 0.15) is 6.61 Å². The van der Waals surface area contributed by atoms with Gasteiger partial charge in [-0.05, 0) is 5.56 Å². The molecule has 0 saturated carbocycles. The number of nitrogens with one attached hydrogen (secondary N) is 1. The molecule has 1 aromatic carbocycles. The molecule has 2 unspecified atom stereocenters. The van der Waals surface area contributed by atoms with Gasteiger partial charge in [0.05, 0.1) is 11.9 Å². The van der Waals surface area contributed by atoms with Gasteiger partial charge in [-0.25, -0.2) is 4.79 Å². The predicted octanol–water partition coefficient (Wildman–Crippen LogP) is 0.652. The van der Waals surface area contributed by atoms with Crippen LogP contribution in [0, 0.1) is 0 Å². The molecule has 0 saturated heterocycles. The van der Waals surface area contributed by atoms with E-state index >= 15 is 0 Å². The molecule has 0 aliphatic heterocycles. The maximum atomic E-state index is 11.3. The summed E-state index contributed by atoms with van der Waals surface area (Å²) < 4.78 is 15.8. The average Bonchev–Trinajstić information content (AvgIpc) is 2.34. The van der Waals surface area contributed by atoms with E-state index in [1.54, 1.807) is 0 Å². The number of hydrogen-bond acceptors (Lipinski definition) is 4. The van der Waals surface area contributed by atoms with Crippen molar-refractivity contribution in [2.24, 2.45) is 0 Å². The molecule has 1 aromatic rings. The van der Waals surface area contributed by atoms with Crippen LogP contribution in [-0.4, -0.2) is 40.1 Å². The van der Waals surface area contributed by atoms with Crippen molar-refractivity contribution in [3.8, 4) is 0 Å². The zero-order chi connectivity index (χ0) is 13.4. The van der Waals surface area contributed by atoms with E-state index < -0.39 is 23.0 Å². The Morgan fingerprint density at radius 3 is 2.72 bits per heavy atom. The Bertz CT molecular complexity index is 396. The van der Waals surface area contributed by atoms with Gasteiger partial charge in [-0.3, -0.25) is 4.21 Å². The number of aliphatic hydroxyl groups is 1. The summed E-state index contributed by atoms with van der Waals surface area (Å²) >= 11 is 0. The number of carbonyl (C=O) groups is 1. The number of aliphatic hydroxyl groups excluding tert-OH is 1. The summed E-state index contributed by atoms with van der Waals surface area (Å²) in [7, 11) is -1.09. The molecule has 6 heteroatoms. The van der Waals surface area contributed by atoms with E-state index in [-0.39, 0.29) is 18.9 Å². The van der Waals surface area contributed by atoms with E-state index in [1.165, 1.54) is 6.26 Å². The van der Waals surface area contributed by atoms with Gasteiger partial charge in [-0.2, -0.15) is 0 Å². The molecule has 0 radical (unpaired) electrons. The molecule has 100 valence electrons. The fourth-order valence-electron chi connectivity index (χ4n) is 1.31. The van der Waals surface area contributed by atoms with Crippen LogP contribution in [0.1, 0.15) is 5.56 Å². The van der Waals surface area contributed by atoms with Crippen molar-refractivity contribution in [1.29, 1.82) is 0 Å². The van der Waals surface area contributed by atoms with Crippen LogP contribution in [0.25, 0.3) is 0 Å². The Labute approximate surface area is 109 Å². The Kier molecular flexibility index (Phi) is 6.38. The molecule has 0 bridgehead atoms. The lowest BCUT2D eigenvalue weighted by molar-refractivity contribution is 0.130. The smallest absolute Gasteiger partial charge is 0.407 e. The maximum absolute atomic E-state index is 11.3. The van der Waals surface area contributed by atoms with Gasteiger partial charge in [0.2, 0.25) is 0 Å². The third-order valence-corrected chi connectivity index (χ3v) is 2.98. The minimum atomic E-state index is -1.09. The third kappa shape index (κ3) is 6.36. The molecule has 0 aliphatic rings. The molecular weight excluding hydrogens is 254 g/mol.